The molecule has 4 aromatic rings. The van der Waals surface area contributed by atoms with Gasteiger partial charge in [0.25, 0.3) is 0 Å². The molecular weight excluding hydrogens is 474 g/mol. The molecule has 3 aromatic carbocycles. The van der Waals surface area contributed by atoms with Gasteiger partial charge in [0.05, 0.1) is 22.7 Å². The molecule has 1 unspecified atom stereocenters. The Bertz CT molecular complexity index is 1430. The maximum atomic E-state index is 13.3. The van der Waals surface area contributed by atoms with E-state index in [0.717, 1.165) is 50.8 Å². The predicted octanol–water partition coefficient (Wildman–Crippen LogP) is 6.00. The summed E-state index contributed by atoms with van der Waals surface area (Å²) in [7, 11) is -1.24. The Morgan fingerprint density at radius 2 is 1.83 bits per heavy atom. The summed E-state index contributed by atoms with van der Waals surface area (Å²) in [5, 5.41) is 3.56. The second-order valence-electron chi connectivity index (χ2n) is 8.84. The van der Waals surface area contributed by atoms with Crippen molar-refractivity contribution in [1.29, 1.82) is 0 Å². The lowest BCUT2D eigenvalue weighted by molar-refractivity contribution is -0.115. The lowest BCUT2D eigenvalue weighted by Gasteiger charge is -2.19. The Morgan fingerprint density at radius 3 is 2.60 bits per heavy atom. The average Bonchev–Trinajstić information content (AvgIpc) is 3.43. The minimum atomic E-state index is -1.24. The zero-order valence-corrected chi connectivity index (χ0v) is 21.6. The Morgan fingerprint density at radius 1 is 1.06 bits per heavy atom. The topological polar surface area (TPSA) is 62.3 Å². The van der Waals surface area contributed by atoms with Crippen LogP contribution in [0.5, 0.6) is 0 Å². The number of hydrogen-bond acceptors (Lipinski definition) is 4. The molecule has 1 aliphatic rings. The van der Waals surface area contributed by atoms with Gasteiger partial charge in [-0.2, -0.15) is 0 Å². The van der Waals surface area contributed by atoms with Crippen LogP contribution in [0.2, 0.25) is 0 Å². The Balaban J connectivity index is 1.33. The molecule has 1 aromatic heterocycles. The number of anilines is 2. The van der Waals surface area contributed by atoms with Crippen LogP contribution in [0.1, 0.15) is 27.1 Å². The van der Waals surface area contributed by atoms with E-state index in [1.54, 1.807) is 0 Å². The number of aromatic nitrogens is 1. The number of benzene rings is 3. The van der Waals surface area contributed by atoms with Gasteiger partial charge in [-0.1, -0.05) is 54.1 Å². The molecule has 35 heavy (non-hydrogen) atoms. The summed E-state index contributed by atoms with van der Waals surface area (Å²) in [5.41, 5.74) is 7.26. The van der Waals surface area contributed by atoms with E-state index in [4.69, 9.17) is 4.98 Å². The third-order valence-electron chi connectivity index (χ3n) is 6.22. The molecule has 0 aliphatic carbocycles. The molecule has 5 nitrogen and oxygen atoms in total. The molecule has 0 spiro atoms. The Labute approximate surface area is 212 Å². The van der Waals surface area contributed by atoms with Gasteiger partial charge in [0.1, 0.15) is 0 Å². The maximum absolute atomic E-state index is 13.3. The standard InChI is InChI=1S/C28H27N3O2S2/c1-18-8-10-21(11-9-18)16-26(32)29-28-30-27(20(3)34-28)23-12-13-24-22(17-23)14-15-31(24)35(33)25-7-5-4-6-19(25)2/h4-13,17H,14-16H2,1-3H3,(H,29,30,32). The molecule has 1 N–H and O–H groups in total. The number of rotatable bonds is 6. The van der Waals surface area contributed by atoms with Gasteiger partial charge in [0.15, 0.2) is 16.1 Å². The van der Waals surface area contributed by atoms with Gasteiger partial charge in [-0.25, -0.2) is 9.19 Å². The van der Waals surface area contributed by atoms with Gasteiger partial charge in [-0.15, -0.1) is 11.3 Å². The number of thiazole rings is 1. The van der Waals surface area contributed by atoms with Crippen LogP contribution in [-0.4, -0.2) is 21.6 Å². The summed E-state index contributed by atoms with van der Waals surface area (Å²) in [5.74, 6) is -0.0718. The number of hydrogen-bond donors (Lipinski definition) is 1. The van der Waals surface area contributed by atoms with Gasteiger partial charge in [-0.3, -0.25) is 9.10 Å². The summed E-state index contributed by atoms with van der Waals surface area (Å²) in [6, 6.07) is 22.0. The number of amides is 1. The molecule has 5 rings (SSSR count). The predicted molar refractivity (Wildman–Crippen MR) is 144 cm³/mol. The summed E-state index contributed by atoms with van der Waals surface area (Å²) < 4.78 is 15.3. The molecular formula is C28H27N3O2S2. The van der Waals surface area contributed by atoms with Crippen LogP contribution in [0.25, 0.3) is 11.3 Å². The first-order valence-electron chi connectivity index (χ1n) is 11.6. The first-order chi connectivity index (χ1) is 16.9. The van der Waals surface area contributed by atoms with Gasteiger partial charge in [0, 0.05) is 17.0 Å². The van der Waals surface area contributed by atoms with Crippen LogP contribution in [0.3, 0.4) is 0 Å². The van der Waals surface area contributed by atoms with Gasteiger partial charge in [0.2, 0.25) is 5.91 Å². The van der Waals surface area contributed by atoms with Crippen LogP contribution in [0.4, 0.5) is 10.8 Å². The fraction of sp³-hybridized carbons (Fsp3) is 0.214. The highest BCUT2D eigenvalue weighted by molar-refractivity contribution is 7.86. The van der Waals surface area contributed by atoms with Crippen molar-refractivity contribution in [2.75, 3.05) is 16.2 Å². The van der Waals surface area contributed by atoms with E-state index in [2.05, 4.69) is 11.4 Å². The van der Waals surface area contributed by atoms with Crippen LogP contribution in [0.15, 0.2) is 71.6 Å². The average molecular weight is 502 g/mol. The molecule has 1 atom stereocenters. The molecule has 0 radical (unpaired) electrons. The second kappa shape index (κ2) is 9.76. The fourth-order valence-electron chi connectivity index (χ4n) is 4.33. The van der Waals surface area contributed by atoms with Crippen LogP contribution < -0.4 is 9.62 Å². The summed E-state index contributed by atoms with van der Waals surface area (Å²) in [4.78, 5) is 19.2. The fourth-order valence-corrected chi connectivity index (χ4v) is 6.58. The molecule has 178 valence electrons. The van der Waals surface area contributed by atoms with Gasteiger partial charge in [-0.05, 0) is 62.1 Å². The van der Waals surface area contributed by atoms with Crippen molar-refractivity contribution in [3.8, 4) is 11.3 Å². The molecule has 2 heterocycles. The minimum Gasteiger partial charge on any atom is -0.302 e. The van der Waals surface area contributed by atoms with Crippen molar-refractivity contribution in [2.24, 2.45) is 0 Å². The number of fused-ring (bicyclic) bond motifs is 1. The Kier molecular flexibility index (Phi) is 6.54. The van der Waals surface area contributed by atoms with Crippen molar-refractivity contribution < 1.29 is 9.00 Å². The maximum Gasteiger partial charge on any atom is 0.230 e. The highest BCUT2D eigenvalue weighted by Crippen LogP contribution is 2.37. The van der Waals surface area contributed by atoms with E-state index < -0.39 is 11.0 Å². The van der Waals surface area contributed by atoms with E-state index in [0.29, 0.717) is 11.6 Å². The number of nitrogens with one attached hydrogen (secondary N) is 1. The van der Waals surface area contributed by atoms with Crippen molar-refractivity contribution in [2.45, 2.75) is 38.5 Å². The van der Waals surface area contributed by atoms with Crippen LogP contribution in [-0.2, 0) is 28.6 Å². The monoisotopic (exact) mass is 501 g/mol. The van der Waals surface area contributed by atoms with E-state index in [1.807, 2.05) is 85.7 Å². The third-order valence-corrected chi connectivity index (χ3v) is 8.72. The van der Waals surface area contributed by atoms with Gasteiger partial charge >= 0.3 is 0 Å². The van der Waals surface area contributed by atoms with Crippen LogP contribution in [0, 0.1) is 20.8 Å². The second-order valence-corrected chi connectivity index (χ2v) is 11.4. The molecule has 0 bridgehead atoms. The zero-order chi connectivity index (χ0) is 24.5. The quantitative estimate of drug-likeness (QED) is 0.352. The van der Waals surface area contributed by atoms with Crippen molar-refractivity contribution in [3.05, 3.63) is 93.9 Å². The van der Waals surface area contributed by atoms with Gasteiger partial charge < -0.3 is 5.32 Å². The highest BCUT2D eigenvalue weighted by atomic mass is 32.2. The number of nitrogens with zero attached hydrogens (tertiary/aromatic N) is 2. The molecule has 0 saturated carbocycles. The largest absolute Gasteiger partial charge is 0.302 e. The van der Waals surface area contributed by atoms with E-state index in [9.17, 15) is 9.00 Å². The van der Waals surface area contributed by atoms with Crippen molar-refractivity contribution >= 4 is 39.0 Å². The SMILES string of the molecule is Cc1ccc(CC(=O)Nc2nc(-c3ccc4c(c3)CCN4S(=O)c3ccccc3C)c(C)s2)cc1. The van der Waals surface area contributed by atoms with E-state index in [1.165, 1.54) is 22.5 Å². The lowest BCUT2D eigenvalue weighted by Crippen LogP contribution is -2.23. The number of carbonyl (C=O) groups is 1. The van der Waals surface area contributed by atoms with E-state index in [-0.39, 0.29) is 5.91 Å². The highest BCUT2D eigenvalue weighted by Gasteiger charge is 2.26. The first kappa shape index (κ1) is 23.5. The minimum absolute atomic E-state index is 0.0718. The first-order valence-corrected chi connectivity index (χ1v) is 13.5. The number of aryl methyl sites for hydroxylation is 3. The number of carbonyl (C=O) groups excluding carboxylic acids is 1. The normalized spacial score (nSPS) is 13.5. The molecule has 1 amide bonds. The molecule has 0 fully saturated rings. The van der Waals surface area contributed by atoms with Crippen molar-refractivity contribution in [1.82, 2.24) is 4.98 Å². The molecule has 0 saturated heterocycles. The lowest BCUT2D eigenvalue weighted by atomic mass is 10.1. The zero-order valence-electron chi connectivity index (χ0n) is 20.0. The summed E-state index contributed by atoms with van der Waals surface area (Å²) in [6.45, 7) is 6.77. The van der Waals surface area contributed by atoms with Crippen LogP contribution >= 0.6 is 11.3 Å². The third kappa shape index (κ3) is 4.92. The van der Waals surface area contributed by atoms with Crippen molar-refractivity contribution in [3.63, 3.8) is 0 Å². The molecule has 1 aliphatic heterocycles. The van der Waals surface area contributed by atoms with E-state index >= 15 is 0 Å². The summed E-state index contributed by atoms with van der Waals surface area (Å²) in [6.07, 6.45) is 1.16. The smallest absolute Gasteiger partial charge is 0.230 e. The summed E-state index contributed by atoms with van der Waals surface area (Å²) >= 11 is 1.49. The Hall–Kier alpha value is -3.29. The molecule has 7 heteroatoms.